The molecule has 2 rings (SSSR count). The third-order valence-corrected chi connectivity index (χ3v) is 3.35. The van der Waals surface area contributed by atoms with Crippen molar-refractivity contribution in [2.45, 2.75) is 18.0 Å². The molecule has 0 aromatic carbocycles. The Morgan fingerprint density at radius 3 is 3.31 bits per heavy atom. The first-order chi connectivity index (χ1) is 7.88. The quantitative estimate of drug-likeness (QED) is 0.616. The van der Waals surface area contributed by atoms with Gasteiger partial charge in [-0.25, -0.2) is 9.97 Å². The molecule has 0 radical (unpaired) electrons. The van der Waals surface area contributed by atoms with Gasteiger partial charge in [-0.15, -0.1) is 0 Å². The molecule has 2 N–H and O–H groups in total. The van der Waals surface area contributed by atoms with Gasteiger partial charge in [-0.2, -0.15) is 0 Å². The maximum absolute atomic E-state index is 4.40. The molecule has 5 heteroatoms. The molecule has 88 valence electrons. The first-order valence-corrected chi connectivity index (χ1v) is 6.92. The van der Waals surface area contributed by atoms with Crippen LogP contribution in [-0.4, -0.2) is 35.9 Å². The summed E-state index contributed by atoms with van der Waals surface area (Å²) in [5.74, 6) is 1.66. The van der Waals surface area contributed by atoms with E-state index in [1.54, 1.807) is 18.0 Å². The largest absolute Gasteiger partial charge is 0.370 e. The minimum Gasteiger partial charge on any atom is -0.370 e. The SMILES string of the molecule is CSc1nccc(NC[C@@H]2CCCNC2)n1. The second-order valence-corrected chi connectivity index (χ2v) is 4.80. The Morgan fingerprint density at radius 2 is 2.56 bits per heavy atom. The Balaban J connectivity index is 1.83. The maximum atomic E-state index is 4.40. The van der Waals surface area contributed by atoms with Crippen LogP contribution in [0.3, 0.4) is 0 Å². The number of thioether (sulfide) groups is 1. The molecule has 0 aliphatic carbocycles. The van der Waals surface area contributed by atoms with Crippen LogP contribution in [-0.2, 0) is 0 Å². The van der Waals surface area contributed by atoms with Crippen LogP contribution in [0.1, 0.15) is 12.8 Å². The molecule has 1 aromatic rings. The molecule has 0 spiro atoms. The minimum atomic E-state index is 0.724. The van der Waals surface area contributed by atoms with E-state index in [0.717, 1.165) is 30.0 Å². The molecule has 4 nitrogen and oxygen atoms in total. The summed E-state index contributed by atoms with van der Waals surface area (Å²) in [7, 11) is 0. The summed E-state index contributed by atoms with van der Waals surface area (Å²) in [5.41, 5.74) is 0. The van der Waals surface area contributed by atoms with E-state index < -0.39 is 0 Å². The molecule has 1 aliphatic rings. The molecule has 16 heavy (non-hydrogen) atoms. The Morgan fingerprint density at radius 1 is 1.62 bits per heavy atom. The van der Waals surface area contributed by atoms with E-state index in [2.05, 4.69) is 20.6 Å². The first-order valence-electron chi connectivity index (χ1n) is 5.70. The minimum absolute atomic E-state index is 0.724. The molecule has 1 saturated heterocycles. The van der Waals surface area contributed by atoms with Gasteiger partial charge in [0.2, 0.25) is 0 Å². The van der Waals surface area contributed by atoms with Crippen molar-refractivity contribution >= 4 is 17.6 Å². The molecular formula is C11H18N4S. The third-order valence-electron chi connectivity index (χ3n) is 2.79. The second-order valence-electron chi connectivity index (χ2n) is 4.02. The van der Waals surface area contributed by atoms with Gasteiger partial charge in [0.1, 0.15) is 5.82 Å². The molecule has 1 fully saturated rings. The third kappa shape index (κ3) is 3.35. The van der Waals surface area contributed by atoms with Crippen molar-refractivity contribution < 1.29 is 0 Å². The normalized spacial score (nSPS) is 20.7. The van der Waals surface area contributed by atoms with Crippen LogP contribution < -0.4 is 10.6 Å². The highest BCUT2D eigenvalue weighted by Gasteiger charge is 2.12. The fraction of sp³-hybridized carbons (Fsp3) is 0.636. The van der Waals surface area contributed by atoms with Gasteiger partial charge < -0.3 is 10.6 Å². The molecule has 1 aliphatic heterocycles. The van der Waals surface area contributed by atoms with Crippen LogP contribution in [0.5, 0.6) is 0 Å². The Bertz CT molecular complexity index is 326. The number of hydrogen-bond donors (Lipinski definition) is 2. The van der Waals surface area contributed by atoms with Crippen molar-refractivity contribution in [2.24, 2.45) is 5.92 Å². The molecule has 2 heterocycles. The van der Waals surface area contributed by atoms with E-state index in [1.165, 1.54) is 19.4 Å². The van der Waals surface area contributed by atoms with Gasteiger partial charge in [0.25, 0.3) is 0 Å². The van der Waals surface area contributed by atoms with E-state index in [0.29, 0.717) is 0 Å². The van der Waals surface area contributed by atoms with Gasteiger partial charge in [-0.05, 0) is 44.2 Å². The monoisotopic (exact) mass is 238 g/mol. The fourth-order valence-electron chi connectivity index (χ4n) is 1.88. The molecule has 0 amide bonds. The number of nitrogens with zero attached hydrogens (tertiary/aromatic N) is 2. The number of nitrogens with one attached hydrogen (secondary N) is 2. The van der Waals surface area contributed by atoms with Crippen LogP contribution in [0.2, 0.25) is 0 Å². The van der Waals surface area contributed by atoms with Crippen molar-refractivity contribution in [3.8, 4) is 0 Å². The lowest BCUT2D eigenvalue weighted by atomic mass is 10.00. The van der Waals surface area contributed by atoms with Gasteiger partial charge in [-0.3, -0.25) is 0 Å². The lowest BCUT2D eigenvalue weighted by Gasteiger charge is -2.23. The van der Waals surface area contributed by atoms with E-state index in [1.807, 2.05) is 12.3 Å². The molecule has 1 atom stereocenters. The van der Waals surface area contributed by atoms with Crippen molar-refractivity contribution in [2.75, 3.05) is 31.2 Å². The highest BCUT2D eigenvalue weighted by atomic mass is 32.2. The van der Waals surface area contributed by atoms with E-state index in [9.17, 15) is 0 Å². The van der Waals surface area contributed by atoms with Gasteiger partial charge in [0.05, 0.1) is 0 Å². The smallest absolute Gasteiger partial charge is 0.189 e. The van der Waals surface area contributed by atoms with Crippen LogP contribution in [0.25, 0.3) is 0 Å². The average Bonchev–Trinajstić information content (AvgIpc) is 2.38. The summed E-state index contributed by atoms with van der Waals surface area (Å²) in [6.45, 7) is 3.28. The van der Waals surface area contributed by atoms with E-state index in [-0.39, 0.29) is 0 Å². The highest BCUT2D eigenvalue weighted by molar-refractivity contribution is 7.98. The summed E-state index contributed by atoms with van der Waals surface area (Å²) in [5, 5.41) is 7.63. The summed E-state index contributed by atoms with van der Waals surface area (Å²) >= 11 is 1.57. The highest BCUT2D eigenvalue weighted by Crippen LogP contribution is 2.13. The number of rotatable bonds is 4. The summed E-state index contributed by atoms with van der Waals surface area (Å²) in [6.07, 6.45) is 6.39. The summed E-state index contributed by atoms with van der Waals surface area (Å²) in [4.78, 5) is 8.55. The number of piperidine rings is 1. The zero-order valence-corrected chi connectivity index (χ0v) is 10.4. The topological polar surface area (TPSA) is 49.8 Å². The van der Waals surface area contributed by atoms with Gasteiger partial charge in [0.15, 0.2) is 5.16 Å². The first kappa shape index (κ1) is 11.7. The Hall–Kier alpha value is -0.810. The summed E-state index contributed by atoms with van der Waals surface area (Å²) in [6, 6.07) is 1.93. The van der Waals surface area contributed by atoms with Crippen LogP contribution >= 0.6 is 11.8 Å². The predicted octanol–water partition coefficient (Wildman–Crippen LogP) is 1.61. The maximum Gasteiger partial charge on any atom is 0.189 e. The lowest BCUT2D eigenvalue weighted by Crippen LogP contribution is -2.33. The van der Waals surface area contributed by atoms with Crippen LogP contribution in [0.15, 0.2) is 17.4 Å². The fourth-order valence-corrected chi connectivity index (χ4v) is 2.24. The molecule has 1 aromatic heterocycles. The van der Waals surface area contributed by atoms with Gasteiger partial charge in [-0.1, -0.05) is 11.8 Å². The zero-order valence-electron chi connectivity index (χ0n) is 9.57. The van der Waals surface area contributed by atoms with Crippen molar-refractivity contribution in [1.82, 2.24) is 15.3 Å². The van der Waals surface area contributed by atoms with E-state index in [4.69, 9.17) is 0 Å². The number of anilines is 1. The standard InChI is InChI=1S/C11H18N4S/c1-16-11-13-6-4-10(15-11)14-8-9-3-2-5-12-7-9/h4,6,9,12H,2-3,5,7-8H2,1H3,(H,13,14,15)/t9-/m1/s1. The van der Waals surface area contributed by atoms with Crippen molar-refractivity contribution in [1.29, 1.82) is 0 Å². The molecular weight excluding hydrogens is 220 g/mol. The Kier molecular flexibility index (Phi) is 4.42. The van der Waals surface area contributed by atoms with Gasteiger partial charge in [0, 0.05) is 12.7 Å². The molecule has 0 unspecified atom stereocenters. The molecule has 0 saturated carbocycles. The summed E-state index contributed by atoms with van der Waals surface area (Å²) < 4.78 is 0. The van der Waals surface area contributed by atoms with Gasteiger partial charge >= 0.3 is 0 Å². The van der Waals surface area contributed by atoms with Crippen molar-refractivity contribution in [3.63, 3.8) is 0 Å². The zero-order chi connectivity index (χ0) is 11.2. The van der Waals surface area contributed by atoms with Crippen LogP contribution in [0, 0.1) is 5.92 Å². The predicted molar refractivity (Wildman–Crippen MR) is 67.9 cm³/mol. The Labute approximate surface area is 101 Å². The van der Waals surface area contributed by atoms with E-state index >= 15 is 0 Å². The molecule has 0 bridgehead atoms. The second kappa shape index (κ2) is 6.06. The van der Waals surface area contributed by atoms with Crippen molar-refractivity contribution in [3.05, 3.63) is 12.3 Å². The number of aromatic nitrogens is 2. The lowest BCUT2D eigenvalue weighted by molar-refractivity contribution is 0.392. The van der Waals surface area contributed by atoms with Crippen LogP contribution in [0.4, 0.5) is 5.82 Å². The number of hydrogen-bond acceptors (Lipinski definition) is 5. The average molecular weight is 238 g/mol.